The average molecular weight is 194 g/mol. The van der Waals surface area contributed by atoms with Crippen LogP contribution < -0.4 is 0 Å². The first-order valence-corrected chi connectivity index (χ1v) is 4.25. The van der Waals surface area contributed by atoms with Crippen molar-refractivity contribution in [3.8, 4) is 47.9 Å². The van der Waals surface area contributed by atoms with Crippen LogP contribution in [0, 0.1) is 47.9 Å². The van der Waals surface area contributed by atoms with Gasteiger partial charge in [0.25, 0.3) is 0 Å². The maximum absolute atomic E-state index is 8.87. The fraction of sp³-hybridized carbons (Fsp3) is 0.143. The molecule has 0 bridgehead atoms. The molecule has 0 saturated heterocycles. The summed E-state index contributed by atoms with van der Waals surface area (Å²) < 4.78 is 0. The van der Waals surface area contributed by atoms with Gasteiger partial charge < -0.3 is 5.11 Å². The van der Waals surface area contributed by atoms with Crippen molar-refractivity contribution in [1.82, 2.24) is 0 Å². The molecule has 15 heavy (non-hydrogen) atoms. The van der Waals surface area contributed by atoms with Crippen LogP contribution in [0.25, 0.3) is 0 Å². The van der Waals surface area contributed by atoms with E-state index in [4.69, 9.17) is 11.5 Å². The molecule has 0 aromatic heterocycles. The van der Waals surface area contributed by atoms with Crippen molar-refractivity contribution in [2.75, 3.05) is 0 Å². The second kappa shape index (κ2) is 9.77. The average Bonchev–Trinajstić information content (AvgIpc) is 2.20. The van der Waals surface area contributed by atoms with Gasteiger partial charge >= 0.3 is 0 Å². The van der Waals surface area contributed by atoms with Crippen LogP contribution in [-0.4, -0.2) is 11.2 Å². The molecule has 1 unspecified atom stereocenters. The van der Waals surface area contributed by atoms with Gasteiger partial charge in [-0.3, -0.25) is 0 Å². The Morgan fingerprint density at radius 2 is 1.73 bits per heavy atom. The molecule has 0 radical (unpaired) electrons. The van der Waals surface area contributed by atoms with E-state index < -0.39 is 6.10 Å². The molecule has 0 aromatic rings. The molecule has 0 aliphatic carbocycles. The predicted octanol–water partition coefficient (Wildman–Crippen LogP) is 1.12. The molecule has 0 saturated carbocycles. The summed E-state index contributed by atoms with van der Waals surface area (Å²) in [5.41, 5.74) is 0. The highest BCUT2D eigenvalue weighted by molar-refractivity contribution is 5.40. The van der Waals surface area contributed by atoms with E-state index in [-0.39, 0.29) is 0 Å². The number of hydrogen-bond donors (Lipinski definition) is 1. The molecule has 0 aliphatic rings. The maximum atomic E-state index is 8.87. The van der Waals surface area contributed by atoms with Gasteiger partial charge in [0, 0.05) is 0 Å². The van der Waals surface area contributed by atoms with Crippen LogP contribution in [0.1, 0.15) is 6.92 Å². The first kappa shape index (κ1) is 12.7. The van der Waals surface area contributed by atoms with Gasteiger partial charge in [0.15, 0.2) is 0 Å². The molecule has 0 aromatic carbocycles. The Bertz CT molecular complexity index is 451. The van der Waals surface area contributed by atoms with Crippen molar-refractivity contribution in [2.45, 2.75) is 13.0 Å². The van der Waals surface area contributed by atoms with E-state index in [1.54, 1.807) is 31.2 Å². The third-order valence-electron chi connectivity index (χ3n) is 1.07. The van der Waals surface area contributed by atoms with Crippen molar-refractivity contribution in [3.63, 3.8) is 0 Å². The molecule has 0 heterocycles. The highest BCUT2D eigenvalue weighted by Gasteiger charge is 1.79. The van der Waals surface area contributed by atoms with E-state index in [1.165, 1.54) is 0 Å². The molecule has 1 nitrogen and oxygen atoms in total. The number of rotatable bonds is 2. The van der Waals surface area contributed by atoms with Gasteiger partial charge in [0.2, 0.25) is 0 Å². The molecule has 1 heteroatoms. The van der Waals surface area contributed by atoms with Gasteiger partial charge in [-0.05, 0) is 48.5 Å². The number of aliphatic hydroxyl groups excluding tert-OH is 1. The Morgan fingerprint density at radius 1 is 1.07 bits per heavy atom. The van der Waals surface area contributed by atoms with E-state index >= 15 is 0 Å². The van der Waals surface area contributed by atoms with Gasteiger partial charge in [-0.25, -0.2) is 0 Å². The molecular formula is C14H10O. The molecule has 1 atom stereocenters. The zero-order valence-electron chi connectivity index (χ0n) is 8.41. The Morgan fingerprint density at radius 3 is 2.40 bits per heavy atom. The summed E-state index contributed by atoms with van der Waals surface area (Å²) >= 11 is 0. The van der Waals surface area contributed by atoms with E-state index in [0.29, 0.717) is 0 Å². The van der Waals surface area contributed by atoms with Crippen LogP contribution in [0.5, 0.6) is 0 Å². The van der Waals surface area contributed by atoms with Gasteiger partial charge in [-0.2, -0.15) is 0 Å². The Hall–Kier alpha value is -2.32. The fourth-order valence-electron chi connectivity index (χ4n) is 0.536. The first-order chi connectivity index (χ1) is 7.27. The highest BCUT2D eigenvalue weighted by atomic mass is 16.3. The quantitative estimate of drug-likeness (QED) is 0.516. The fourth-order valence-corrected chi connectivity index (χ4v) is 0.536. The predicted molar refractivity (Wildman–Crippen MR) is 62.1 cm³/mol. The minimum absolute atomic E-state index is 0.443. The van der Waals surface area contributed by atoms with E-state index in [0.717, 1.165) is 0 Å². The number of terminal acetylenes is 1. The lowest BCUT2D eigenvalue weighted by molar-refractivity contribution is 0.244. The lowest BCUT2D eigenvalue weighted by Gasteiger charge is -1.88. The number of hydrogen-bond acceptors (Lipinski definition) is 1. The molecular weight excluding hydrogens is 184 g/mol. The number of allylic oxidation sites excluding steroid dienone is 3. The summed E-state index contributed by atoms with van der Waals surface area (Å²) in [6.45, 7) is 1.67. The molecule has 0 aliphatic heterocycles. The summed E-state index contributed by atoms with van der Waals surface area (Å²) in [4.78, 5) is 0. The van der Waals surface area contributed by atoms with E-state index in [9.17, 15) is 0 Å². The lowest BCUT2D eigenvalue weighted by Crippen LogP contribution is -1.90. The summed E-state index contributed by atoms with van der Waals surface area (Å²) in [6, 6.07) is 0. The molecule has 72 valence electrons. The second-order valence-electron chi connectivity index (χ2n) is 2.40. The first-order valence-electron chi connectivity index (χ1n) is 4.25. The van der Waals surface area contributed by atoms with Crippen LogP contribution in [0.4, 0.5) is 0 Å². The molecule has 0 rings (SSSR count). The summed E-state index contributed by atoms with van der Waals surface area (Å²) in [5.74, 6) is 17.2. The molecule has 0 spiro atoms. The van der Waals surface area contributed by atoms with Crippen molar-refractivity contribution < 1.29 is 5.11 Å². The van der Waals surface area contributed by atoms with Gasteiger partial charge in [-0.1, -0.05) is 24.1 Å². The Balaban J connectivity index is 4.00. The van der Waals surface area contributed by atoms with E-state index in [2.05, 4.69) is 41.4 Å². The van der Waals surface area contributed by atoms with Crippen molar-refractivity contribution in [3.05, 3.63) is 24.3 Å². The van der Waals surface area contributed by atoms with Crippen molar-refractivity contribution >= 4 is 0 Å². The molecule has 0 amide bonds. The summed E-state index contributed by atoms with van der Waals surface area (Å²) in [7, 11) is 0. The molecule has 0 fully saturated rings. The van der Waals surface area contributed by atoms with Crippen molar-refractivity contribution in [1.29, 1.82) is 0 Å². The van der Waals surface area contributed by atoms with Gasteiger partial charge in [0.1, 0.15) is 0 Å². The Labute approximate surface area is 90.9 Å². The third kappa shape index (κ3) is 11.7. The topological polar surface area (TPSA) is 20.2 Å². The van der Waals surface area contributed by atoms with E-state index in [1.807, 2.05) is 0 Å². The van der Waals surface area contributed by atoms with Crippen molar-refractivity contribution in [2.24, 2.45) is 0 Å². The smallest absolute Gasteiger partial charge is 0.0695 e. The lowest BCUT2D eigenvalue weighted by atomic mass is 10.3. The monoisotopic (exact) mass is 194 g/mol. The van der Waals surface area contributed by atoms with Crippen LogP contribution in [0.3, 0.4) is 0 Å². The van der Waals surface area contributed by atoms with Gasteiger partial charge in [0.05, 0.1) is 6.10 Å². The zero-order valence-corrected chi connectivity index (χ0v) is 8.41. The standard InChI is InChI=1S/C14H10O/c1-3-4-5-6-7-8-9-10-11-12-13-14(2)15/h1,10-15H,2H3/b11-10-,13-12+. The number of aliphatic hydroxyl groups is 1. The minimum Gasteiger partial charge on any atom is -0.389 e. The summed E-state index contributed by atoms with van der Waals surface area (Å²) in [6.07, 6.45) is 11.1. The maximum Gasteiger partial charge on any atom is 0.0695 e. The largest absolute Gasteiger partial charge is 0.389 e. The zero-order chi connectivity index (χ0) is 11.4. The van der Waals surface area contributed by atoms with Gasteiger partial charge in [-0.15, -0.1) is 6.42 Å². The molecule has 1 N–H and O–H groups in total. The summed E-state index contributed by atoms with van der Waals surface area (Å²) in [5, 5.41) is 8.87. The second-order valence-corrected chi connectivity index (χ2v) is 2.40. The van der Waals surface area contributed by atoms with Crippen LogP contribution in [0.2, 0.25) is 0 Å². The van der Waals surface area contributed by atoms with Crippen LogP contribution in [0.15, 0.2) is 24.3 Å². The minimum atomic E-state index is -0.443. The SMILES string of the molecule is C#CC#CC#CC#C/C=C\C=C\C(C)O. The third-order valence-corrected chi connectivity index (χ3v) is 1.07. The van der Waals surface area contributed by atoms with Crippen LogP contribution >= 0.6 is 0 Å². The highest BCUT2D eigenvalue weighted by Crippen LogP contribution is 1.83. The normalized spacial score (nSPS) is 10.2. The Kier molecular flexibility index (Phi) is 8.26. The van der Waals surface area contributed by atoms with Crippen LogP contribution in [-0.2, 0) is 0 Å².